The Balaban J connectivity index is 2.01. The Hall–Kier alpha value is -2.19. The second-order valence-electron chi connectivity index (χ2n) is 5.50. The van der Waals surface area contributed by atoms with E-state index in [0.717, 1.165) is 0 Å². The molecule has 0 aliphatic carbocycles. The number of halogens is 3. The zero-order chi connectivity index (χ0) is 17.0. The van der Waals surface area contributed by atoms with Gasteiger partial charge in [0, 0.05) is 24.2 Å². The van der Waals surface area contributed by atoms with Crippen LogP contribution in [0.4, 0.5) is 19.1 Å². The van der Waals surface area contributed by atoms with Gasteiger partial charge in [-0.2, -0.15) is 18.2 Å². The lowest BCUT2D eigenvalue weighted by atomic mass is 10.2. The number of alkyl halides is 3. The molecule has 0 unspecified atom stereocenters. The van der Waals surface area contributed by atoms with Gasteiger partial charge in [0.15, 0.2) is 5.82 Å². The van der Waals surface area contributed by atoms with Crippen LogP contribution in [0.15, 0.2) is 16.8 Å². The third-order valence-corrected chi connectivity index (χ3v) is 3.07. The highest BCUT2D eigenvalue weighted by molar-refractivity contribution is 5.27. The number of anilines is 1. The highest BCUT2D eigenvalue weighted by Crippen LogP contribution is 2.22. The Morgan fingerprint density at radius 2 is 1.96 bits per heavy atom. The van der Waals surface area contributed by atoms with Crippen molar-refractivity contribution in [2.24, 2.45) is 0 Å². The topological polar surface area (TPSA) is 76.7 Å². The first-order chi connectivity index (χ1) is 10.7. The van der Waals surface area contributed by atoms with Crippen LogP contribution in [0.5, 0.6) is 0 Å². The standard InChI is InChI=1S/C14H18F3N5O/c1-8(2)11-21-12(23-22-11)9(3)19-13-18-7-5-10(20-13)4-6-14(15,16)17/h5,7-9H,4,6H2,1-3H3,(H,18,19,20)/t9-/m1/s1. The number of aryl methyl sites for hydroxylation is 1. The summed E-state index contributed by atoms with van der Waals surface area (Å²) in [6, 6.07) is 1.11. The molecule has 9 heteroatoms. The quantitative estimate of drug-likeness (QED) is 0.872. The third-order valence-electron chi connectivity index (χ3n) is 3.07. The molecule has 0 spiro atoms. The zero-order valence-corrected chi connectivity index (χ0v) is 13.1. The molecule has 0 amide bonds. The second-order valence-corrected chi connectivity index (χ2v) is 5.50. The van der Waals surface area contributed by atoms with Crippen LogP contribution in [0.1, 0.15) is 56.6 Å². The third kappa shape index (κ3) is 5.19. The van der Waals surface area contributed by atoms with E-state index in [0.29, 0.717) is 17.4 Å². The summed E-state index contributed by atoms with van der Waals surface area (Å²) < 4.78 is 41.9. The van der Waals surface area contributed by atoms with E-state index >= 15 is 0 Å². The average molecular weight is 329 g/mol. The van der Waals surface area contributed by atoms with Crippen LogP contribution in [-0.4, -0.2) is 26.3 Å². The maximum absolute atomic E-state index is 12.3. The molecule has 1 atom stereocenters. The van der Waals surface area contributed by atoms with Gasteiger partial charge in [-0.05, 0) is 19.4 Å². The van der Waals surface area contributed by atoms with Gasteiger partial charge in [-0.3, -0.25) is 0 Å². The van der Waals surface area contributed by atoms with Gasteiger partial charge in [-0.1, -0.05) is 19.0 Å². The fourth-order valence-corrected chi connectivity index (χ4v) is 1.79. The normalized spacial score (nSPS) is 13.3. The SMILES string of the molecule is CC(C)c1noc([C@@H](C)Nc2nccc(CCC(F)(F)F)n2)n1. The first kappa shape index (κ1) is 17.2. The molecule has 2 heterocycles. The van der Waals surface area contributed by atoms with E-state index in [1.165, 1.54) is 12.3 Å². The van der Waals surface area contributed by atoms with Gasteiger partial charge < -0.3 is 9.84 Å². The molecule has 2 aromatic heterocycles. The van der Waals surface area contributed by atoms with Gasteiger partial charge in [0.1, 0.15) is 6.04 Å². The molecule has 0 radical (unpaired) electrons. The fourth-order valence-electron chi connectivity index (χ4n) is 1.79. The van der Waals surface area contributed by atoms with Crippen LogP contribution >= 0.6 is 0 Å². The molecule has 0 aromatic carbocycles. The molecule has 2 aromatic rings. The minimum Gasteiger partial charge on any atom is -0.343 e. The molecular formula is C14H18F3N5O. The van der Waals surface area contributed by atoms with Gasteiger partial charge in [0.2, 0.25) is 11.8 Å². The van der Waals surface area contributed by atoms with Crippen LogP contribution in [0.25, 0.3) is 0 Å². The maximum Gasteiger partial charge on any atom is 0.389 e. The zero-order valence-electron chi connectivity index (χ0n) is 13.1. The Morgan fingerprint density at radius 3 is 2.57 bits per heavy atom. The van der Waals surface area contributed by atoms with Crippen LogP contribution < -0.4 is 5.32 Å². The van der Waals surface area contributed by atoms with Crippen LogP contribution in [0.3, 0.4) is 0 Å². The fraction of sp³-hybridized carbons (Fsp3) is 0.571. The largest absolute Gasteiger partial charge is 0.389 e. The molecule has 0 fully saturated rings. The number of rotatable bonds is 6. The van der Waals surface area contributed by atoms with E-state index in [9.17, 15) is 13.2 Å². The second kappa shape index (κ2) is 6.93. The molecular weight excluding hydrogens is 311 g/mol. The van der Waals surface area contributed by atoms with Crippen molar-refractivity contribution in [1.82, 2.24) is 20.1 Å². The van der Waals surface area contributed by atoms with E-state index in [1.54, 1.807) is 6.92 Å². The highest BCUT2D eigenvalue weighted by Gasteiger charge is 2.26. The minimum atomic E-state index is -4.21. The summed E-state index contributed by atoms with van der Waals surface area (Å²) in [5.41, 5.74) is 0.320. The van der Waals surface area contributed by atoms with Crippen molar-refractivity contribution in [3.8, 4) is 0 Å². The van der Waals surface area contributed by atoms with Crippen molar-refractivity contribution in [3.63, 3.8) is 0 Å². The Bertz CT molecular complexity index is 641. The lowest BCUT2D eigenvalue weighted by Gasteiger charge is -2.11. The molecule has 0 saturated carbocycles. The Labute approximate surface area is 131 Å². The lowest BCUT2D eigenvalue weighted by Crippen LogP contribution is -2.12. The summed E-state index contributed by atoms with van der Waals surface area (Å²) in [6.07, 6.45) is -3.89. The van der Waals surface area contributed by atoms with Gasteiger partial charge >= 0.3 is 6.18 Å². The van der Waals surface area contributed by atoms with Crippen molar-refractivity contribution in [2.75, 3.05) is 5.32 Å². The van der Waals surface area contributed by atoms with E-state index in [1.807, 2.05) is 13.8 Å². The molecule has 2 rings (SSSR count). The summed E-state index contributed by atoms with van der Waals surface area (Å²) in [6.45, 7) is 5.67. The predicted octanol–water partition coefficient (Wildman–Crippen LogP) is 3.65. The summed E-state index contributed by atoms with van der Waals surface area (Å²) in [5.74, 6) is 1.33. The van der Waals surface area contributed by atoms with Crippen LogP contribution in [0.2, 0.25) is 0 Å². The first-order valence-electron chi connectivity index (χ1n) is 7.23. The van der Waals surface area contributed by atoms with Crippen molar-refractivity contribution < 1.29 is 17.7 Å². The number of nitrogens with one attached hydrogen (secondary N) is 1. The van der Waals surface area contributed by atoms with Crippen molar-refractivity contribution in [2.45, 2.75) is 51.7 Å². The molecule has 0 bridgehead atoms. The summed E-state index contributed by atoms with van der Waals surface area (Å²) in [4.78, 5) is 12.3. The average Bonchev–Trinajstić information content (AvgIpc) is 2.95. The van der Waals surface area contributed by atoms with Crippen LogP contribution in [-0.2, 0) is 6.42 Å². The molecule has 6 nitrogen and oxygen atoms in total. The highest BCUT2D eigenvalue weighted by atomic mass is 19.4. The molecule has 126 valence electrons. The van der Waals surface area contributed by atoms with E-state index < -0.39 is 12.6 Å². The van der Waals surface area contributed by atoms with Crippen molar-refractivity contribution in [1.29, 1.82) is 0 Å². The summed E-state index contributed by atoms with van der Waals surface area (Å²) in [7, 11) is 0. The molecule has 0 saturated heterocycles. The summed E-state index contributed by atoms with van der Waals surface area (Å²) in [5, 5.41) is 6.81. The predicted molar refractivity (Wildman–Crippen MR) is 76.8 cm³/mol. The van der Waals surface area contributed by atoms with Gasteiger partial charge in [0.05, 0.1) is 0 Å². The number of nitrogens with zero attached hydrogens (tertiary/aromatic N) is 4. The van der Waals surface area contributed by atoms with E-state index in [4.69, 9.17) is 4.52 Å². The van der Waals surface area contributed by atoms with E-state index in [-0.39, 0.29) is 24.3 Å². The van der Waals surface area contributed by atoms with Gasteiger partial charge in [0.25, 0.3) is 0 Å². The number of hydrogen-bond acceptors (Lipinski definition) is 6. The van der Waals surface area contributed by atoms with Gasteiger partial charge in [-0.25, -0.2) is 9.97 Å². The van der Waals surface area contributed by atoms with Gasteiger partial charge in [-0.15, -0.1) is 0 Å². The first-order valence-corrected chi connectivity index (χ1v) is 7.23. The summed E-state index contributed by atoms with van der Waals surface area (Å²) >= 11 is 0. The molecule has 23 heavy (non-hydrogen) atoms. The molecule has 1 N–H and O–H groups in total. The Kier molecular flexibility index (Phi) is 5.17. The van der Waals surface area contributed by atoms with Crippen molar-refractivity contribution in [3.05, 3.63) is 29.7 Å². The van der Waals surface area contributed by atoms with Crippen molar-refractivity contribution >= 4 is 5.95 Å². The minimum absolute atomic E-state index is 0.140. The number of aromatic nitrogens is 4. The number of hydrogen-bond donors (Lipinski definition) is 1. The van der Waals surface area contributed by atoms with E-state index in [2.05, 4.69) is 25.4 Å². The van der Waals surface area contributed by atoms with Crippen LogP contribution in [0, 0.1) is 0 Å². The maximum atomic E-state index is 12.3. The lowest BCUT2D eigenvalue weighted by molar-refractivity contribution is -0.134. The molecule has 0 aliphatic rings. The molecule has 0 aliphatic heterocycles. The monoisotopic (exact) mass is 329 g/mol. The smallest absolute Gasteiger partial charge is 0.343 e. The Morgan fingerprint density at radius 1 is 1.22 bits per heavy atom.